The van der Waals surface area contributed by atoms with E-state index in [1.54, 1.807) is 0 Å². The lowest BCUT2D eigenvalue weighted by Gasteiger charge is -2.34. The first-order valence-electron chi connectivity index (χ1n) is 8.94. The molecule has 0 saturated carbocycles. The van der Waals surface area contributed by atoms with E-state index in [1.807, 2.05) is 30.3 Å². The van der Waals surface area contributed by atoms with Crippen LogP contribution in [0, 0.1) is 5.92 Å². The topological polar surface area (TPSA) is 36.9 Å². The number of hydrogen-bond acceptors (Lipinski definition) is 2. The van der Waals surface area contributed by atoms with E-state index in [1.165, 1.54) is 0 Å². The van der Waals surface area contributed by atoms with Gasteiger partial charge in [-0.1, -0.05) is 32.0 Å². The van der Waals surface area contributed by atoms with Crippen LogP contribution in [0.1, 0.15) is 40.0 Å². The Morgan fingerprint density at radius 2 is 1.92 bits per heavy atom. The van der Waals surface area contributed by atoms with Crippen LogP contribution in [0.4, 0.5) is 0 Å². The second-order valence-electron chi connectivity index (χ2n) is 6.54. The molecule has 0 amide bonds. The molecule has 1 aliphatic heterocycles. The van der Waals surface area contributed by atoms with Crippen LogP contribution in [-0.4, -0.2) is 43.1 Å². The average Bonchev–Trinajstić information content (AvgIpc) is 2.55. The van der Waals surface area contributed by atoms with Gasteiger partial charge in [0.15, 0.2) is 5.96 Å². The Balaban J connectivity index is 0.00000288. The van der Waals surface area contributed by atoms with Gasteiger partial charge in [0.2, 0.25) is 0 Å². The molecule has 136 valence electrons. The van der Waals surface area contributed by atoms with Gasteiger partial charge in [0.25, 0.3) is 0 Å². The van der Waals surface area contributed by atoms with Crippen LogP contribution in [0.3, 0.4) is 0 Å². The number of ether oxygens (including phenoxy) is 1. The van der Waals surface area contributed by atoms with Crippen molar-refractivity contribution in [3.8, 4) is 5.75 Å². The number of guanidine groups is 1. The lowest BCUT2D eigenvalue weighted by atomic mass is 10.1. The first-order valence-corrected chi connectivity index (χ1v) is 8.94. The molecule has 0 atom stereocenters. The minimum atomic E-state index is 0. The summed E-state index contributed by atoms with van der Waals surface area (Å²) in [6.45, 7) is 10.4. The van der Waals surface area contributed by atoms with Gasteiger partial charge >= 0.3 is 0 Å². The van der Waals surface area contributed by atoms with E-state index in [2.05, 4.69) is 31.0 Å². The Kier molecular flexibility index (Phi) is 10.1. The van der Waals surface area contributed by atoms with Crippen molar-refractivity contribution in [2.24, 2.45) is 10.9 Å². The third-order valence-electron chi connectivity index (χ3n) is 4.09. The number of piperidine rings is 1. The highest BCUT2D eigenvalue weighted by atomic mass is 127. The van der Waals surface area contributed by atoms with Crippen LogP contribution in [0.5, 0.6) is 5.75 Å². The average molecular weight is 445 g/mol. The van der Waals surface area contributed by atoms with E-state index in [4.69, 9.17) is 9.73 Å². The highest BCUT2D eigenvalue weighted by molar-refractivity contribution is 14.0. The lowest BCUT2D eigenvalue weighted by Crippen LogP contribution is -2.47. The molecule has 0 unspecified atom stereocenters. The van der Waals surface area contributed by atoms with Crippen LogP contribution < -0.4 is 10.1 Å². The van der Waals surface area contributed by atoms with E-state index in [9.17, 15) is 0 Å². The highest BCUT2D eigenvalue weighted by Gasteiger charge is 2.22. The number of likely N-dealkylation sites (tertiary alicyclic amines) is 1. The van der Waals surface area contributed by atoms with Crippen molar-refractivity contribution in [2.75, 3.05) is 26.2 Å². The minimum absolute atomic E-state index is 0. The van der Waals surface area contributed by atoms with E-state index in [0.29, 0.717) is 12.0 Å². The molecule has 0 spiro atoms. The second kappa shape index (κ2) is 11.6. The van der Waals surface area contributed by atoms with Crippen molar-refractivity contribution in [2.45, 2.75) is 46.1 Å². The predicted octanol–water partition coefficient (Wildman–Crippen LogP) is 4.16. The number of para-hydroxylation sites is 1. The maximum Gasteiger partial charge on any atom is 0.193 e. The fraction of sp³-hybridized carbons (Fsp3) is 0.632. The molecule has 4 nitrogen and oxygen atoms in total. The molecule has 0 aromatic heterocycles. The third-order valence-corrected chi connectivity index (χ3v) is 4.09. The minimum Gasteiger partial charge on any atom is -0.490 e. The summed E-state index contributed by atoms with van der Waals surface area (Å²) in [6.07, 6.45) is 3.54. The maximum atomic E-state index is 6.07. The standard InChI is InChI=1S/C19H31N3O.HI/c1-4-20-19(21-13-10-16(2)3)22-14-11-18(12-15-22)23-17-8-6-5-7-9-17;/h5-9,16,18H,4,10-15H2,1-3H3,(H,20,21);1H. The number of hydrogen-bond donors (Lipinski definition) is 1. The Morgan fingerprint density at radius 3 is 2.50 bits per heavy atom. The molecule has 1 heterocycles. The monoisotopic (exact) mass is 445 g/mol. The fourth-order valence-corrected chi connectivity index (χ4v) is 2.73. The van der Waals surface area contributed by atoms with Gasteiger partial charge in [0.1, 0.15) is 11.9 Å². The third kappa shape index (κ3) is 7.28. The molecule has 1 fully saturated rings. The number of nitrogens with one attached hydrogen (secondary N) is 1. The van der Waals surface area contributed by atoms with Crippen LogP contribution in [0.25, 0.3) is 0 Å². The molecule has 1 aromatic rings. The van der Waals surface area contributed by atoms with Crippen molar-refractivity contribution in [3.05, 3.63) is 30.3 Å². The summed E-state index contributed by atoms with van der Waals surface area (Å²) in [7, 11) is 0. The second-order valence-corrected chi connectivity index (χ2v) is 6.54. The van der Waals surface area contributed by atoms with Crippen LogP contribution >= 0.6 is 24.0 Å². The van der Waals surface area contributed by atoms with Gasteiger partial charge in [-0.25, -0.2) is 0 Å². The fourth-order valence-electron chi connectivity index (χ4n) is 2.73. The molecule has 1 saturated heterocycles. The molecule has 0 bridgehead atoms. The van der Waals surface area contributed by atoms with E-state index >= 15 is 0 Å². The zero-order valence-electron chi connectivity index (χ0n) is 15.2. The summed E-state index contributed by atoms with van der Waals surface area (Å²) in [4.78, 5) is 7.15. The Hall–Kier alpha value is -0.980. The van der Waals surface area contributed by atoms with Crippen molar-refractivity contribution in [3.63, 3.8) is 0 Å². The van der Waals surface area contributed by atoms with Gasteiger partial charge in [-0.2, -0.15) is 0 Å². The molecule has 24 heavy (non-hydrogen) atoms. The highest BCUT2D eigenvalue weighted by Crippen LogP contribution is 2.18. The molecule has 0 aliphatic carbocycles. The van der Waals surface area contributed by atoms with E-state index in [0.717, 1.165) is 57.2 Å². The van der Waals surface area contributed by atoms with E-state index < -0.39 is 0 Å². The van der Waals surface area contributed by atoms with Gasteiger partial charge in [-0.15, -0.1) is 24.0 Å². The van der Waals surface area contributed by atoms with Crippen LogP contribution in [-0.2, 0) is 0 Å². The molecule has 2 rings (SSSR count). The Labute approximate surface area is 164 Å². The Bertz CT molecular complexity index is 471. The van der Waals surface area contributed by atoms with Crippen molar-refractivity contribution in [1.29, 1.82) is 0 Å². The van der Waals surface area contributed by atoms with Gasteiger partial charge < -0.3 is 15.0 Å². The first kappa shape index (κ1) is 21.1. The Morgan fingerprint density at radius 1 is 1.25 bits per heavy atom. The summed E-state index contributed by atoms with van der Waals surface area (Å²) >= 11 is 0. The summed E-state index contributed by atoms with van der Waals surface area (Å²) in [6, 6.07) is 10.1. The largest absolute Gasteiger partial charge is 0.490 e. The predicted molar refractivity (Wildman–Crippen MR) is 113 cm³/mol. The van der Waals surface area contributed by atoms with Crippen molar-refractivity contribution >= 4 is 29.9 Å². The normalized spacial score (nSPS) is 16.0. The van der Waals surface area contributed by atoms with Gasteiger partial charge in [0, 0.05) is 39.0 Å². The van der Waals surface area contributed by atoms with Crippen LogP contribution in [0.15, 0.2) is 35.3 Å². The zero-order chi connectivity index (χ0) is 16.5. The number of aliphatic imine (C=N–C) groups is 1. The number of rotatable bonds is 6. The van der Waals surface area contributed by atoms with Gasteiger partial charge in [-0.3, -0.25) is 4.99 Å². The van der Waals surface area contributed by atoms with E-state index in [-0.39, 0.29) is 24.0 Å². The summed E-state index contributed by atoms with van der Waals surface area (Å²) in [5.41, 5.74) is 0. The quantitative estimate of drug-likeness (QED) is 0.406. The molecule has 0 radical (unpaired) electrons. The molecule has 1 aliphatic rings. The first-order chi connectivity index (χ1) is 11.2. The lowest BCUT2D eigenvalue weighted by molar-refractivity contribution is 0.129. The summed E-state index contributed by atoms with van der Waals surface area (Å²) < 4.78 is 6.07. The van der Waals surface area contributed by atoms with Gasteiger partial charge in [-0.05, 0) is 31.4 Å². The molecular weight excluding hydrogens is 413 g/mol. The molecule has 1 N–H and O–H groups in total. The zero-order valence-corrected chi connectivity index (χ0v) is 17.5. The molecule has 5 heteroatoms. The smallest absolute Gasteiger partial charge is 0.193 e. The van der Waals surface area contributed by atoms with Crippen LogP contribution in [0.2, 0.25) is 0 Å². The molecule has 1 aromatic carbocycles. The number of benzene rings is 1. The SMILES string of the molecule is CCNC(=NCCC(C)C)N1CCC(Oc2ccccc2)CC1.I. The number of nitrogens with zero attached hydrogens (tertiary/aromatic N) is 2. The van der Waals surface area contributed by atoms with Crippen molar-refractivity contribution < 1.29 is 4.74 Å². The maximum absolute atomic E-state index is 6.07. The number of halogens is 1. The summed E-state index contributed by atoms with van der Waals surface area (Å²) in [5, 5.41) is 3.43. The summed E-state index contributed by atoms with van der Waals surface area (Å²) in [5.74, 6) is 2.74. The molecular formula is C19H32IN3O. The van der Waals surface area contributed by atoms with Gasteiger partial charge in [0.05, 0.1) is 0 Å². The van der Waals surface area contributed by atoms with Crippen molar-refractivity contribution in [1.82, 2.24) is 10.2 Å².